The molecular formula is C74H120O6. The molecule has 80 heavy (non-hydrogen) atoms. The molecule has 452 valence electrons. The first-order chi connectivity index (χ1) is 39.5. The van der Waals surface area contributed by atoms with Crippen molar-refractivity contribution in [2.24, 2.45) is 0 Å². The third-order valence-electron chi connectivity index (χ3n) is 13.6. The third kappa shape index (κ3) is 64.1. The van der Waals surface area contributed by atoms with E-state index >= 15 is 0 Å². The monoisotopic (exact) mass is 1100 g/mol. The van der Waals surface area contributed by atoms with Crippen molar-refractivity contribution in [3.63, 3.8) is 0 Å². The molecule has 0 bridgehead atoms. The second-order valence-electron chi connectivity index (χ2n) is 21.3. The van der Waals surface area contributed by atoms with Gasteiger partial charge in [-0.3, -0.25) is 14.4 Å². The fraction of sp³-hybridized carbons (Fsp3) is 0.635. The molecule has 0 amide bonds. The van der Waals surface area contributed by atoms with Crippen LogP contribution in [0.15, 0.2) is 146 Å². The summed E-state index contributed by atoms with van der Waals surface area (Å²) in [6.45, 7) is 6.34. The van der Waals surface area contributed by atoms with Gasteiger partial charge in [0.2, 0.25) is 0 Å². The van der Waals surface area contributed by atoms with Crippen LogP contribution in [0.3, 0.4) is 0 Å². The highest BCUT2D eigenvalue weighted by Gasteiger charge is 2.19. The number of unbranched alkanes of at least 4 members (excludes halogenated alkanes) is 23. The highest BCUT2D eigenvalue weighted by atomic mass is 16.6. The number of hydrogen-bond acceptors (Lipinski definition) is 6. The molecule has 0 saturated heterocycles. The number of esters is 3. The molecular weight excluding hydrogens is 985 g/mol. The Balaban J connectivity index is 4.16. The maximum absolute atomic E-state index is 12.9. The summed E-state index contributed by atoms with van der Waals surface area (Å²) in [4.78, 5) is 38.1. The van der Waals surface area contributed by atoms with Gasteiger partial charge in [-0.15, -0.1) is 0 Å². The van der Waals surface area contributed by atoms with Gasteiger partial charge in [0.05, 0.1) is 0 Å². The zero-order valence-electron chi connectivity index (χ0n) is 51.8. The Bertz CT molecular complexity index is 1750. The van der Waals surface area contributed by atoms with Crippen molar-refractivity contribution in [1.29, 1.82) is 0 Å². The van der Waals surface area contributed by atoms with Crippen molar-refractivity contribution in [3.05, 3.63) is 146 Å². The Morgan fingerprint density at radius 2 is 0.487 bits per heavy atom. The molecule has 0 saturated carbocycles. The standard InChI is InChI=1S/C74H120O6/c1-4-7-10-13-16-18-20-22-24-26-28-30-32-34-36-37-39-40-42-44-46-48-50-52-54-56-58-61-64-67-73(76)79-70-71(69-78-72(75)66-63-60-15-12-9-6-3)80-74(77)68-65-62-59-57-55-53-51-49-47-45-43-41-38-35-33-31-29-27-25-23-21-19-17-14-11-8-5-2/h7-8,10-11,16-19,22-25,28-31,34,36,39-40,44,46,50,52,71H,4-6,9,12-15,20-21,26-27,32-33,35,37-38,41-43,45,47-49,51,53-70H2,1-3H3/b10-7-,11-8-,18-16-,19-17-,24-22-,25-23-,30-28-,31-29-,36-34-,40-39-,46-44-,52-50-. The lowest BCUT2D eigenvalue weighted by Crippen LogP contribution is -2.30. The van der Waals surface area contributed by atoms with E-state index in [4.69, 9.17) is 14.2 Å². The molecule has 0 rings (SSSR count). The van der Waals surface area contributed by atoms with Gasteiger partial charge in [-0.25, -0.2) is 0 Å². The lowest BCUT2D eigenvalue weighted by Gasteiger charge is -2.18. The van der Waals surface area contributed by atoms with Crippen LogP contribution in [0, 0.1) is 0 Å². The molecule has 6 nitrogen and oxygen atoms in total. The largest absolute Gasteiger partial charge is 0.462 e. The molecule has 0 aliphatic heterocycles. The first-order valence-corrected chi connectivity index (χ1v) is 32.8. The normalized spacial score (nSPS) is 13.1. The van der Waals surface area contributed by atoms with Gasteiger partial charge in [-0.1, -0.05) is 289 Å². The van der Waals surface area contributed by atoms with Crippen molar-refractivity contribution < 1.29 is 28.6 Å². The van der Waals surface area contributed by atoms with Crippen molar-refractivity contribution in [3.8, 4) is 0 Å². The molecule has 0 aliphatic carbocycles. The molecule has 0 N–H and O–H groups in total. The fourth-order valence-corrected chi connectivity index (χ4v) is 8.74. The lowest BCUT2D eigenvalue weighted by molar-refractivity contribution is -0.167. The van der Waals surface area contributed by atoms with E-state index < -0.39 is 6.10 Å². The number of allylic oxidation sites excluding steroid dienone is 24. The van der Waals surface area contributed by atoms with Gasteiger partial charge in [-0.05, 0) is 122 Å². The van der Waals surface area contributed by atoms with Crippen LogP contribution >= 0.6 is 0 Å². The van der Waals surface area contributed by atoms with Crippen molar-refractivity contribution in [1.82, 2.24) is 0 Å². The molecule has 0 aromatic carbocycles. The highest BCUT2D eigenvalue weighted by Crippen LogP contribution is 2.16. The minimum Gasteiger partial charge on any atom is -0.462 e. The first-order valence-electron chi connectivity index (χ1n) is 32.8. The van der Waals surface area contributed by atoms with E-state index in [-0.39, 0.29) is 31.1 Å². The summed E-state index contributed by atoms with van der Waals surface area (Å²) in [6, 6.07) is 0. The van der Waals surface area contributed by atoms with Gasteiger partial charge < -0.3 is 14.2 Å². The second kappa shape index (κ2) is 66.8. The Kier molecular flexibility index (Phi) is 62.9. The molecule has 0 radical (unpaired) electrons. The SMILES string of the molecule is CC/C=C\C/C=C\C/C=C\C/C=C\C/C=C\C/C=C\C/C=C\C/C=C\CCCCCCC(=O)OCC(COC(=O)CCCCCCCC)OC(=O)CCCCCCCCCCCCCCCC/C=C\C/C=C\C/C=C\C/C=C\CC. The van der Waals surface area contributed by atoms with Gasteiger partial charge in [0.15, 0.2) is 6.10 Å². The van der Waals surface area contributed by atoms with Crippen molar-refractivity contribution >= 4 is 17.9 Å². The zero-order valence-corrected chi connectivity index (χ0v) is 51.8. The van der Waals surface area contributed by atoms with Gasteiger partial charge in [0.25, 0.3) is 0 Å². The summed E-state index contributed by atoms with van der Waals surface area (Å²) in [5.74, 6) is -0.925. The average Bonchev–Trinajstić information content (AvgIpc) is 3.46. The van der Waals surface area contributed by atoms with Crippen molar-refractivity contribution in [2.75, 3.05) is 13.2 Å². The Morgan fingerprint density at radius 1 is 0.263 bits per heavy atom. The summed E-state index contributed by atoms with van der Waals surface area (Å²) in [6.07, 6.45) is 96.1. The van der Waals surface area contributed by atoms with Gasteiger partial charge in [0, 0.05) is 19.3 Å². The topological polar surface area (TPSA) is 78.9 Å². The molecule has 1 unspecified atom stereocenters. The van der Waals surface area contributed by atoms with Crippen LogP contribution in [0.5, 0.6) is 0 Å². The minimum atomic E-state index is -0.792. The summed E-state index contributed by atoms with van der Waals surface area (Å²) < 4.78 is 16.8. The van der Waals surface area contributed by atoms with Crippen LogP contribution in [-0.2, 0) is 28.6 Å². The molecule has 0 aromatic rings. The number of carbonyl (C=O) groups excluding carboxylic acids is 3. The minimum absolute atomic E-state index is 0.0896. The molecule has 1 atom stereocenters. The molecule has 0 spiro atoms. The number of carbonyl (C=O) groups is 3. The van der Waals surface area contributed by atoms with E-state index in [0.717, 1.165) is 148 Å². The number of ether oxygens (including phenoxy) is 3. The van der Waals surface area contributed by atoms with E-state index in [0.29, 0.717) is 19.3 Å². The maximum Gasteiger partial charge on any atom is 0.306 e. The Morgan fingerprint density at radius 3 is 0.762 bits per heavy atom. The summed E-state index contributed by atoms with van der Waals surface area (Å²) in [5, 5.41) is 0. The van der Waals surface area contributed by atoms with E-state index in [1.54, 1.807) is 0 Å². The summed E-state index contributed by atoms with van der Waals surface area (Å²) >= 11 is 0. The van der Waals surface area contributed by atoms with Crippen LogP contribution in [0.1, 0.15) is 284 Å². The second-order valence-corrected chi connectivity index (χ2v) is 21.3. The van der Waals surface area contributed by atoms with Crippen LogP contribution < -0.4 is 0 Å². The molecule has 6 heteroatoms. The van der Waals surface area contributed by atoms with Gasteiger partial charge >= 0.3 is 17.9 Å². The predicted octanol–water partition coefficient (Wildman–Crippen LogP) is 22.7. The van der Waals surface area contributed by atoms with Crippen LogP contribution in [0.25, 0.3) is 0 Å². The highest BCUT2D eigenvalue weighted by molar-refractivity contribution is 5.71. The van der Waals surface area contributed by atoms with Crippen LogP contribution in [-0.4, -0.2) is 37.2 Å². The van der Waals surface area contributed by atoms with Crippen molar-refractivity contribution in [2.45, 2.75) is 290 Å². The van der Waals surface area contributed by atoms with E-state index in [1.165, 1.54) is 96.3 Å². The third-order valence-corrected chi connectivity index (χ3v) is 13.6. The fourth-order valence-electron chi connectivity index (χ4n) is 8.74. The number of rotatable bonds is 58. The molecule has 0 aliphatic rings. The van der Waals surface area contributed by atoms with Gasteiger partial charge in [-0.2, -0.15) is 0 Å². The van der Waals surface area contributed by atoms with E-state index in [2.05, 4.69) is 167 Å². The lowest BCUT2D eigenvalue weighted by atomic mass is 10.0. The Labute approximate surface area is 493 Å². The predicted molar refractivity (Wildman–Crippen MR) is 348 cm³/mol. The number of hydrogen-bond donors (Lipinski definition) is 0. The van der Waals surface area contributed by atoms with Gasteiger partial charge in [0.1, 0.15) is 13.2 Å². The van der Waals surface area contributed by atoms with E-state index in [1.807, 2.05) is 0 Å². The van der Waals surface area contributed by atoms with Crippen LogP contribution in [0.4, 0.5) is 0 Å². The maximum atomic E-state index is 12.9. The summed E-state index contributed by atoms with van der Waals surface area (Å²) in [5.41, 5.74) is 0. The zero-order chi connectivity index (χ0) is 57.8. The quantitative estimate of drug-likeness (QED) is 0.0261. The molecule has 0 heterocycles. The smallest absolute Gasteiger partial charge is 0.306 e. The molecule has 0 aromatic heterocycles. The first kappa shape index (κ1) is 75.3. The Hall–Kier alpha value is -4.71. The average molecular weight is 1110 g/mol. The van der Waals surface area contributed by atoms with E-state index in [9.17, 15) is 14.4 Å². The molecule has 0 fully saturated rings. The summed E-state index contributed by atoms with van der Waals surface area (Å²) in [7, 11) is 0. The van der Waals surface area contributed by atoms with Crippen LogP contribution in [0.2, 0.25) is 0 Å².